The van der Waals surface area contributed by atoms with Crippen molar-refractivity contribution in [1.82, 2.24) is 0 Å². The maximum Gasteiger partial charge on any atom is 0.429 e. The summed E-state index contributed by atoms with van der Waals surface area (Å²) in [5.74, 6) is -26.2. The number of rotatable bonds is 10. The predicted octanol–water partition coefficient (Wildman–Crippen LogP) is 4.72. The Morgan fingerprint density at radius 3 is 0.857 bits per heavy atom. The Morgan fingerprint density at radius 1 is 0.514 bits per heavy atom. The van der Waals surface area contributed by atoms with E-state index in [1.165, 1.54) is 4.74 Å². The van der Waals surface area contributed by atoms with Crippen molar-refractivity contribution in [2.75, 3.05) is 0 Å². The molecule has 0 aromatic rings. The summed E-state index contributed by atoms with van der Waals surface area (Å²) in [7, 11) is -16.0. The molecule has 208 valence electrons. The second kappa shape index (κ2) is 8.91. The van der Waals surface area contributed by atoms with Crippen molar-refractivity contribution >= 4 is 20.2 Å². The Kier molecular flexibility index (Phi) is 8.44. The van der Waals surface area contributed by atoms with E-state index >= 15 is 0 Å². The van der Waals surface area contributed by atoms with Crippen molar-refractivity contribution in [1.29, 1.82) is 0 Å². The molecule has 2 unspecified atom stereocenters. The second-order valence-corrected chi connectivity index (χ2v) is 8.60. The zero-order valence-corrected chi connectivity index (χ0v) is 16.4. The number of halogens is 16. The van der Waals surface area contributed by atoms with Crippen molar-refractivity contribution in [2.24, 2.45) is 0 Å². The van der Waals surface area contributed by atoms with Gasteiger partial charge >= 0.3 is 66.5 Å². The van der Waals surface area contributed by atoms with Gasteiger partial charge in [0.25, 0.3) is 0 Å². The van der Waals surface area contributed by atoms with Crippen molar-refractivity contribution in [3.05, 3.63) is 23.8 Å². The summed E-state index contributed by atoms with van der Waals surface area (Å²) < 4.78 is 271. The molecule has 25 heteroatoms. The first kappa shape index (κ1) is 33.1. The molecule has 0 aromatic carbocycles. The predicted molar refractivity (Wildman–Crippen MR) is 72.3 cm³/mol. The number of hydrogen-bond donors (Lipinski definition) is 2. The van der Waals surface area contributed by atoms with Crippen LogP contribution in [0.2, 0.25) is 0 Å². The van der Waals surface area contributed by atoms with Crippen molar-refractivity contribution < 1.29 is 101 Å². The average molecular weight is 602 g/mol. The van der Waals surface area contributed by atoms with Crippen LogP contribution in [0, 0.1) is 0 Å². The maximum absolute atomic E-state index is 13.9. The second-order valence-electron chi connectivity index (χ2n) is 5.57. The molecule has 0 radical (unpaired) electrons. The highest BCUT2D eigenvalue weighted by Gasteiger charge is 2.86. The summed E-state index contributed by atoms with van der Waals surface area (Å²) in [4.78, 5) is 0. The van der Waals surface area contributed by atoms with Crippen LogP contribution in [0.3, 0.4) is 0 Å². The topological polar surface area (TPSA) is 118 Å². The number of hydrogen-bond acceptors (Lipinski definition) is 5. The highest BCUT2D eigenvalue weighted by Crippen LogP contribution is 2.58. The van der Waals surface area contributed by atoms with Gasteiger partial charge in [-0.1, -0.05) is 0 Å². The normalized spacial score (nSPS) is 17.9. The van der Waals surface area contributed by atoms with Crippen molar-refractivity contribution in [2.45, 2.75) is 34.1 Å². The molecular weight excluding hydrogens is 600 g/mol. The lowest BCUT2D eigenvalue weighted by Crippen LogP contribution is -2.67. The van der Waals surface area contributed by atoms with Gasteiger partial charge in [-0.2, -0.15) is 69.5 Å². The van der Waals surface area contributed by atoms with E-state index in [4.69, 9.17) is 9.11 Å². The molecule has 0 saturated carbocycles. The minimum atomic E-state index is -8.22. The first-order valence-corrected chi connectivity index (χ1v) is 9.75. The van der Waals surface area contributed by atoms with Gasteiger partial charge in [-0.05, 0) is 0 Å². The van der Waals surface area contributed by atoms with E-state index in [0.29, 0.717) is 0 Å². The maximum atomic E-state index is 13.9. The van der Waals surface area contributed by atoms with E-state index in [1.807, 2.05) is 0 Å². The first-order chi connectivity index (χ1) is 14.9. The van der Waals surface area contributed by atoms with Crippen molar-refractivity contribution in [3.8, 4) is 0 Å². The molecule has 0 fully saturated rings. The van der Waals surface area contributed by atoms with Gasteiger partial charge in [0.05, 0.1) is 0 Å². The van der Waals surface area contributed by atoms with Gasteiger partial charge in [0.2, 0.25) is 11.7 Å². The van der Waals surface area contributed by atoms with Gasteiger partial charge in [0, 0.05) is 0 Å². The first-order valence-electron chi connectivity index (χ1n) is 6.87. The molecule has 7 nitrogen and oxygen atoms in total. The molecule has 0 aromatic heterocycles. The highest BCUT2D eigenvalue weighted by molar-refractivity contribution is 7.87. The fourth-order valence-corrected chi connectivity index (χ4v) is 3.23. The van der Waals surface area contributed by atoms with Gasteiger partial charge in [-0.3, -0.25) is 9.11 Å². The summed E-state index contributed by atoms with van der Waals surface area (Å²) in [5, 5.41) is -15.1. The Morgan fingerprint density at radius 2 is 0.714 bits per heavy atom. The van der Waals surface area contributed by atoms with E-state index < -0.39 is 78.1 Å². The van der Waals surface area contributed by atoms with Crippen molar-refractivity contribution in [3.63, 3.8) is 0 Å². The fraction of sp³-hybridized carbons (Fsp3) is 0.600. The largest absolute Gasteiger partial charge is 0.429 e. The molecule has 0 aliphatic rings. The molecule has 0 bridgehead atoms. The minimum Gasteiger partial charge on any atom is -0.283 e. The van der Waals surface area contributed by atoms with E-state index in [1.54, 1.807) is 0 Å². The van der Waals surface area contributed by atoms with Crippen LogP contribution in [0.5, 0.6) is 0 Å². The van der Waals surface area contributed by atoms with Crippen LogP contribution in [0.15, 0.2) is 23.8 Å². The smallest absolute Gasteiger partial charge is 0.283 e. The average Bonchev–Trinajstić information content (AvgIpc) is 2.61. The zero-order valence-electron chi connectivity index (χ0n) is 14.8. The lowest BCUT2D eigenvalue weighted by molar-refractivity contribution is -0.479. The lowest BCUT2D eigenvalue weighted by Gasteiger charge is -2.38. The summed E-state index contributed by atoms with van der Waals surface area (Å²) in [5.41, 5.74) is 0. The third-order valence-corrected chi connectivity index (χ3v) is 5.70. The molecule has 35 heavy (non-hydrogen) atoms. The third-order valence-electron chi connectivity index (χ3n) is 3.40. The molecule has 0 spiro atoms. The van der Waals surface area contributed by atoms with E-state index in [2.05, 4.69) is 0 Å². The standard InChI is InChI=1S/C10H2F16O7S2/c11-1(3(13)14)5(17,34(27,28)29)7(19,20)9(23,24)33-10(25,26)8(21,22)6(18,35(30,31)32)2(12)4(15)16/h(H,27,28,29)(H,30,31,32). The molecule has 2 N–H and O–H groups in total. The molecule has 0 amide bonds. The Labute approximate surface area is 180 Å². The minimum absolute atomic E-state index is 1.23. The summed E-state index contributed by atoms with van der Waals surface area (Å²) in [6.45, 7) is 0. The van der Waals surface area contributed by atoms with E-state index in [9.17, 15) is 87.1 Å². The van der Waals surface area contributed by atoms with Gasteiger partial charge in [-0.15, -0.1) is 0 Å². The highest BCUT2D eigenvalue weighted by atomic mass is 32.2. The van der Waals surface area contributed by atoms with Crippen LogP contribution in [0.4, 0.5) is 70.2 Å². The fourth-order valence-electron chi connectivity index (χ4n) is 1.73. The van der Waals surface area contributed by atoms with Crippen LogP contribution >= 0.6 is 0 Å². The molecule has 0 aliphatic carbocycles. The van der Waals surface area contributed by atoms with Gasteiger partial charge in [0.15, 0.2) is 0 Å². The van der Waals surface area contributed by atoms with E-state index in [0.717, 1.165) is 0 Å². The number of ether oxygens (including phenoxy) is 1. The van der Waals surface area contributed by atoms with Crippen LogP contribution in [0.25, 0.3) is 0 Å². The lowest BCUT2D eigenvalue weighted by atomic mass is 10.1. The molecule has 0 rings (SSSR count). The summed E-state index contributed by atoms with van der Waals surface area (Å²) >= 11 is 0. The molecule has 0 saturated heterocycles. The van der Waals surface area contributed by atoms with E-state index in [-0.39, 0.29) is 0 Å². The Balaban J connectivity index is 7.24. The molecular formula is C10H2F16O7S2. The Hall–Kier alpha value is -1.86. The molecule has 2 atom stereocenters. The number of alkyl halides is 10. The summed E-state index contributed by atoms with van der Waals surface area (Å²) in [6, 6.07) is 0. The monoisotopic (exact) mass is 602 g/mol. The third kappa shape index (κ3) is 4.78. The quantitative estimate of drug-likeness (QED) is 0.275. The molecule has 0 heterocycles. The van der Waals surface area contributed by atoms with Crippen LogP contribution in [-0.2, 0) is 25.0 Å². The van der Waals surface area contributed by atoms with Crippen LogP contribution in [-0.4, -0.2) is 60.0 Å². The Bertz CT molecular complexity index is 1030. The molecule has 0 aliphatic heterocycles. The van der Waals surface area contributed by atoms with Crippen LogP contribution in [0.1, 0.15) is 0 Å². The van der Waals surface area contributed by atoms with Crippen LogP contribution < -0.4 is 0 Å². The van der Waals surface area contributed by atoms with Gasteiger partial charge in [-0.25, -0.2) is 22.3 Å². The van der Waals surface area contributed by atoms with Gasteiger partial charge < -0.3 is 0 Å². The van der Waals surface area contributed by atoms with Gasteiger partial charge in [0.1, 0.15) is 0 Å². The summed E-state index contributed by atoms with van der Waals surface area (Å²) in [6.07, 6.45) is -25.6. The SMILES string of the molecule is O=S(=O)(O)C(F)(C(F)=C(F)F)C(F)(F)C(F)(F)OC(F)(F)C(F)(F)C(F)(C(F)=C(F)F)S(=O)(=O)O. The zero-order chi connectivity index (χ0) is 29.0.